The van der Waals surface area contributed by atoms with Crippen LogP contribution in [-0.2, 0) is 0 Å². The number of aromatic nitrogens is 1. The fourth-order valence-electron chi connectivity index (χ4n) is 2.89. The van der Waals surface area contributed by atoms with Gasteiger partial charge >= 0.3 is 0 Å². The lowest BCUT2D eigenvalue weighted by atomic mass is 10.2. The van der Waals surface area contributed by atoms with Gasteiger partial charge in [-0.2, -0.15) is 0 Å². The first-order valence-corrected chi connectivity index (χ1v) is 9.48. The van der Waals surface area contributed by atoms with Crippen LogP contribution in [0.15, 0.2) is 39.2 Å². The third-order valence-corrected chi connectivity index (χ3v) is 4.36. The molecule has 11 nitrogen and oxygen atoms in total. The summed E-state index contributed by atoms with van der Waals surface area (Å²) in [7, 11) is 0. The second-order valence-electron chi connectivity index (χ2n) is 6.88. The van der Waals surface area contributed by atoms with Gasteiger partial charge in [-0.1, -0.05) is 6.07 Å². The summed E-state index contributed by atoms with van der Waals surface area (Å²) in [5.74, 6) is -0.654. The highest BCUT2D eigenvalue weighted by molar-refractivity contribution is 6.01. The zero-order valence-corrected chi connectivity index (χ0v) is 17.8. The van der Waals surface area contributed by atoms with E-state index in [4.69, 9.17) is 8.83 Å². The van der Waals surface area contributed by atoms with Gasteiger partial charge in [0.25, 0.3) is 23.6 Å². The van der Waals surface area contributed by atoms with Gasteiger partial charge in [0.15, 0.2) is 0 Å². The number of aryl methyl sites for hydroxylation is 4. The Kier molecular flexibility index (Phi) is 6.38. The molecule has 0 unspecified atom stereocenters. The summed E-state index contributed by atoms with van der Waals surface area (Å²) in [6.45, 7) is 6.65. The van der Waals surface area contributed by atoms with Crippen LogP contribution in [0.25, 0.3) is 0 Å². The molecule has 0 aromatic carbocycles. The van der Waals surface area contributed by atoms with Gasteiger partial charge in [-0.25, -0.2) is 4.98 Å². The molecule has 0 aliphatic rings. The molecule has 3 heterocycles. The molecule has 32 heavy (non-hydrogen) atoms. The molecule has 0 fully saturated rings. The number of carbonyl (C=O) groups excluding carboxylic acids is 4. The van der Waals surface area contributed by atoms with Gasteiger partial charge in [0, 0.05) is 0 Å². The van der Waals surface area contributed by atoms with E-state index >= 15 is 0 Å². The predicted octanol–water partition coefficient (Wildman–Crippen LogP) is 1.65. The van der Waals surface area contributed by atoms with Gasteiger partial charge in [0.2, 0.25) is 0 Å². The second kappa shape index (κ2) is 9.16. The van der Waals surface area contributed by atoms with Crippen molar-refractivity contribution in [3.8, 4) is 0 Å². The topological polar surface area (TPSA) is 156 Å². The lowest BCUT2D eigenvalue weighted by Gasteiger charge is -2.09. The summed E-state index contributed by atoms with van der Waals surface area (Å²) in [5, 5.41) is 0. The Hall–Kier alpha value is -4.41. The molecule has 4 N–H and O–H groups in total. The van der Waals surface area contributed by atoms with E-state index in [1.165, 1.54) is 18.2 Å². The van der Waals surface area contributed by atoms with Crippen molar-refractivity contribution < 1.29 is 28.0 Å². The average molecular weight is 439 g/mol. The monoisotopic (exact) mass is 439 g/mol. The number of nitrogens with zero attached hydrogens (tertiary/aromatic N) is 1. The predicted molar refractivity (Wildman–Crippen MR) is 110 cm³/mol. The van der Waals surface area contributed by atoms with Crippen molar-refractivity contribution in [1.82, 2.24) is 26.7 Å². The summed E-state index contributed by atoms with van der Waals surface area (Å²) in [6, 6.07) is 7.25. The maximum Gasteiger partial charge on any atom is 0.288 e. The first kappa shape index (κ1) is 22.3. The highest BCUT2D eigenvalue weighted by Gasteiger charge is 2.18. The third-order valence-electron chi connectivity index (χ3n) is 4.36. The molecule has 0 aliphatic heterocycles. The first-order valence-electron chi connectivity index (χ1n) is 9.48. The van der Waals surface area contributed by atoms with E-state index in [-0.39, 0.29) is 22.5 Å². The molecule has 3 aromatic rings. The number of amides is 4. The molecule has 0 spiro atoms. The van der Waals surface area contributed by atoms with Crippen molar-refractivity contribution in [2.24, 2.45) is 0 Å². The summed E-state index contributed by atoms with van der Waals surface area (Å²) < 4.78 is 10.6. The Morgan fingerprint density at radius 3 is 1.38 bits per heavy atom. The molecule has 0 radical (unpaired) electrons. The normalized spacial score (nSPS) is 10.4. The second-order valence-corrected chi connectivity index (χ2v) is 6.88. The Bertz CT molecular complexity index is 1120. The number of nitrogens with one attached hydrogen (secondary N) is 4. The van der Waals surface area contributed by atoms with E-state index in [0.717, 1.165) is 0 Å². The lowest BCUT2D eigenvalue weighted by Crippen LogP contribution is -2.43. The molecular formula is C21H21N5O6. The Labute approximate surface area is 182 Å². The smallest absolute Gasteiger partial charge is 0.288 e. The van der Waals surface area contributed by atoms with Crippen LogP contribution in [0.3, 0.4) is 0 Å². The molecule has 0 atom stereocenters. The number of carbonyl (C=O) groups is 4. The number of rotatable bonds is 4. The highest BCUT2D eigenvalue weighted by Crippen LogP contribution is 2.14. The van der Waals surface area contributed by atoms with E-state index in [2.05, 4.69) is 26.7 Å². The van der Waals surface area contributed by atoms with Crippen molar-refractivity contribution >= 4 is 23.6 Å². The van der Waals surface area contributed by atoms with Gasteiger partial charge in [-0.15, -0.1) is 0 Å². The van der Waals surface area contributed by atoms with Crippen molar-refractivity contribution in [3.63, 3.8) is 0 Å². The Morgan fingerprint density at radius 2 is 1.03 bits per heavy atom. The number of hydrogen-bond donors (Lipinski definition) is 4. The average Bonchev–Trinajstić information content (AvgIpc) is 3.29. The number of hydrazine groups is 2. The van der Waals surface area contributed by atoms with Gasteiger partial charge in [-0.05, 0) is 52.0 Å². The first-order chi connectivity index (χ1) is 15.2. The van der Waals surface area contributed by atoms with Gasteiger partial charge < -0.3 is 8.83 Å². The minimum absolute atomic E-state index is 0.120. The standard InChI is InChI=1S/C21H21N5O6/c1-10-8-14(12(3)31-10)18(27)23-25-20(29)16-6-5-7-17(22-16)21(30)26-24-19(28)15-9-11(2)32-13(15)4/h5-9H,1-4H3,(H,23,27)(H,24,28)(H,25,29)(H,26,30). The molecule has 3 rings (SSSR count). The molecule has 3 aromatic heterocycles. The molecule has 0 aliphatic carbocycles. The zero-order valence-electron chi connectivity index (χ0n) is 17.8. The summed E-state index contributed by atoms with van der Waals surface area (Å²) >= 11 is 0. The Morgan fingerprint density at radius 1 is 0.656 bits per heavy atom. The summed E-state index contributed by atoms with van der Waals surface area (Å²) in [5.41, 5.74) is 9.29. The Balaban J connectivity index is 1.59. The fraction of sp³-hybridized carbons (Fsp3) is 0.190. The van der Waals surface area contributed by atoms with Gasteiger partial charge in [0.05, 0.1) is 11.1 Å². The van der Waals surface area contributed by atoms with Crippen molar-refractivity contribution in [2.45, 2.75) is 27.7 Å². The van der Waals surface area contributed by atoms with Crippen LogP contribution >= 0.6 is 0 Å². The van der Waals surface area contributed by atoms with E-state index in [9.17, 15) is 19.2 Å². The molecular weight excluding hydrogens is 418 g/mol. The van der Waals surface area contributed by atoms with Gasteiger partial charge in [0.1, 0.15) is 34.4 Å². The molecule has 0 bridgehead atoms. The van der Waals surface area contributed by atoms with E-state index in [1.807, 2.05) is 0 Å². The van der Waals surface area contributed by atoms with Crippen molar-refractivity contribution in [3.05, 3.63) is 75.9 Å². The van der Waals surface area contributed by atoms with Gasteiger partial charge in [-0.3, -0.25) is 40.9 Å². The highest BCUT2D eigenvalue weighted by atomic mass is 16.3. The van der Waals surface area contributed by atoms with Crippen molar-refractivity contribution in [2.75, 3.05) is 0 Å². The van der Waals surface area contributed by atoms with E-state index in [0.29, 0.717) is 23.0 Å². The summed E-state index contributed by atoms with van der Waals surface area (Å²) in [6.07, 6.45) is 0. The number of hydrogen-bond acceptors (Lipinski definition) is 7. The molecule has 11 heteroatoms. The number of furan rings is 2. The van der Waals surface area contributed by atoms with Crippen LogP contribution in [0.2, 0.25) is 0 Å². The SMILES string of the molecule is Cc1cc(C(=O)NNC(=O)c2cccc(C(=O)NNC(=O)c3cc(C)oc3C)n2)c(C)o1. The van der Waals surface area contributed by atoms with Crippen LogP contribution in [-0.4, -0.2) is 28.6 Å². The molecule has 4 amide bonds. The molecule has 166 valence electrons. The zero-order chi connectivity index (χ0) is 23.4. The molecule has 0 saturated carbocycles. The minimum Gasteiger partial charge on any atom is -0.466 e. The van der Waals surface area contributed by atoms with Crippen LogP contribution in [0.1, 0.15) is 64.7 Å². The maximum absolute atomic E-state index is 12.3. The third kappa shape index (κ3) is 5.01. The molecule has 0 saturated heterocycles. The fourth-order valence-corrected chi connectivity index (χ4v) is 2.89. The lowest BCUT2D eigenvalue weighted by molar-refractivity contribution is 0.0836. The van der Waals surface area contributed by atoms with E-state index in [1.54, 1.807) is 39.8 Å². The maximum atomic E-state index is 12.3. The van der Waals surface area contributed by atoms with Crippen LogP contribution in [0, 0.1) is 27.7 Å². The minimum atomic E-state index is -0.737. The quantitative estimate of drug-likeness (QED) is 0.450. The largest absolute Gasteiger partial charge is 0.466 e. The van der Waals surface area contributed by atoms with Crippen LogP contribution < -0.4 is 21.7 Å². The number of pyridine rings is 1. The summed E-state index contributed by atoms with van der Waals surface area (Å²) in [4.78, 5) is 52.9. The van der Waals surface area contributed by atoms with Crippen LogP contribution in [0.4, 0.5) is 0 Å². The van der Waals surface area contributed by atoms with Crippen molar-refractivity contribution in [1.29, 1.82) is 0 Å². The van der Waals surface area contributed by atoms with E-state index < -0.39 is 23.6 Å². The van der Waals surface area contributed by atoms with Crippen LogP contribution in [0.5, 0.6) is 0 Å².